The second kappa shape index (κ2) is 6.26. The van der Waals surface area contributed by atoms with Gasteiger partial charge in [-0.3, -0.25) is 14.6 Å². The van der Waals surface area contributed by atoms with Gasteiger partial charge in [0.25, 0.3) is 11.8 Å². The Morgan fingerprint density at radius 1 is 1.35 bits per heavy atom. The summed E-state index contributed by atoms with van der Waals surface area (Å²) in [6, 6.07) is 6.91. The molecule has 2 aromatic rings. The van der Waals surface area contributed by atoms with E-state index in [1.807, 2.05) is 6.07 Å². The van der Waals surface area contributed by atoms with Crippen molar-refractivity contribution in [2.45, 2.75) is 6.42 Å². The summed E-state index contributed by atoms with van der Waals surface area (Å²) in [6.07, 6.45) is 3.75. The molecule has 0 radical (unpaired) electrons. The fraction of sp³-hybridized carbons (Fsp3) is 0.188. The van der Waals surface area contributed by atoms with Crippen LogP contribution >= 0.6 is 11.6 Å². The van der Waals surface area contributed by atoms with Gasteiger partial charge in [0, 0.05) is 23.2 Å². The topological polar surface area (TPSA) is 85.5 Å². The third kappa shape index (κ3) is 3.27. The van der Waals surface area contributed by atoms with Crippen molar-refractivity contribution in [3.8, 4) is 5.75 Å². The van der Waals surface area contributed by atoms with Gasteiger partial charge in [0.15, 0.2) is 6.61 Å². The van der Waals surface area contributed by atoms with Crippen LogP contribution < -0.4 is 15.4 Å². The van der Waals surface area contributed by atoms with Gasteiger partial charge in [0.2, 0.25) is 0 Å². The minimum Gasteiger partial charge on any atom is -0.482 e. The Labute approximate surface area is 137 Å². The van der Waals surface area contributed by atoms with Gasteiger partial charge in [-0.05, 0) is 30.2 Å². The van der Waals surface area contributed by atoms with Gasteiger partial charge in [-0.25, -0.2) is 0 Å². The number of nitrogens with two attached hydrogens (primary N) is 1. The molecule has 0 unspecified atom stereocenters. The van der Waals surface area contributed by atoms with Crippen molar-refractivity contribution in [3.05, 3.63) is 52.8 Å². The standard InChI is InChI=1S/C16H14ClN3O3/c17-11-1-2-14-10(5-11)3-4-20(16(14)22)12-6-13(8-19-7-12)23-9-15(18)21/h1-2,5-8H,3-4,9H2,(H2,18,21). The van der Waals surface area contributed by atoms with E-state index in [2.05, 4.69) is 4.98 Å². The Morgan fingerprint density at radius 2 is 2.17 bits per heavy atom. The van der Waals surface area contributed by atoms with E-state index < -0.39 is 5.91 Å². The molecule has 2 N–H and O–H groups in total. The number of carbonyl (C=O) groups excluding carboxylic acids is 2. The fourth-order valence-electron chi connectivity index (χ4n) is 2.49. The number of ether oxygens (including phenoxy) is 1. The maximum atomic E-state index is 12.6. The summed E-state index contributed by atoms with van der Waals surface area (Å²) in [5, 5.41) is 0.619. The molecule has 2 amide bonds. The molecule has 1 aromatic carbocycles. The summed E-state index contributed by atoms with van der Waals surface area (Å²) < 4.78 is 5.23. The van der Waals surface area contributed by atoms with Crippen LogP contribution in [0.25, 0.3) is 0 Å². The smallest absolute Gasteiger partial charge is 0.258 e. The fourth-order valence-corrected chi connectivity index (χ4v) is 2.69. The van der Waals surface area contributed by atoms with Crippen molar-refractivity contribution >= 4 is 29.1 Å². The Bertz CT molecular complexity index is 779. The van der Waals surface area contributed by atoms with E-state index in [1.165, 1.54) is 6.20 Å². The van der Waals surface area contributed by atoms with Crippen LogP contribution in [0.5, 0.6) is 5.75 Å². The second-order valence-corrected chi connectivity index (χ2v) is 5.58. The number of halogens is 1. The highest BCUT2D eigenvalue weighted by Crippen LogP contribution is 2.27. The normalized spacial score (nSPS) is 13.6. The molecule has 1 aliphatic heterocycles. The van der Waals surface area contributed by atoms with Crippen LogP contribution in [-0.4, -0.2) is 29.9 Å². The summed E-state index contributed by atoms with van der Waals surface area (Å²) in [7, 11) is 0. The molecular weight excluding hydrogens is 318 g/mol. The van der Waals surface area contributed by atoms with Crippen LogP contribution in [-0.2, 0) is 11.2 Å². The highest BCUT2D eigenvalue weighted by atomic mass is 35.5. The molecular formula is C16H14ClN3O3. The van der Waals surface area contributed by atoms with Gasteiger partial charge in [0.05, 0.1) is 18.1 Å². The van der Waals surface area contributed by atoms with Gasteiger partial charge in [-0.15, -0.1) is 0 Å². The summed E-state index contributed by atoms with van der Waals surface area (Å²) in [5.74, 6) is -0.303. The molecule has 0 saturated carbocycles. The number of carbonyl (C=O) groups is 2. The lowest BCUT2D eigenvalue weighted by molar-refractivity contribution is -0.119. The van der Waals surface area contributed by atoms with Crippen molar-refractivity contribution in [2.75, 3.05) is 18.1 Å². The van der Waals surface area contributed by atoms with Gasteiger partial charge < -0.3 is 15.4 Å². The molecule has 0 atom stereocenters. The molecule has 6 nitrogen and oxygen atoms in total. The number of hydrogen-bond acceptors (Lipinski definition) is 4. The SMILES string of the molecule is NC(=O)COc1cncc(N2CCc3cc(Cl)ccc3C2=O)c1. The van der Waals surface area contributed by atoms with Crippen molar-refractivity contribution in [1.29, 1.82) is 0 Å². The molecule has 0 spiro atoms. The van der Waals surface area contributed by atoms with E-state index in [4.69, 9.17) is 22.1 Å². The van der Waals surface area contributed by atoms with Crippen molar-refractivity contribution < 1.29 is 14.3 Å². The highest BCUT2D eigenvalue weighted by Gasteiger charge is 2.26. The number of rotatable bonds is 4. The maximum absolute atomic E-state index is 12.6. The molecule has 1 aliphatic rings. The summed E-state index contributed by atoms with van der Waals surface area (Å²) in [4.78, 5) is 29.1. The van der Waals surface area contributed by atoms with Crippen LogP contribution in [0.4, 0.5) is 5.69 Å². The molecule has 0 bridgehead atoms. The predicted molar refractivity (Wildman–Crippen MR) is 85.8 cm³/mol. The number of amides is 2. The van der Waals surface area contributed by atoms with Crippen molar-refractivity contribution in [2.24, 2.45) is 5.73 Å². The number of benzene rings is 1. The van der Waals surface area contributed by atoms with Crippen LogP contribution in [0, 0.1) is 0 Å². The van der Waals surface area contributed by atoms with Crippen LogP contribution in [0.15, 0.2) is 36.7 Å². The van der Waals surface area contributed by atoms with Crippen LogP contribution in [0.1, 0.15) is 15.9 Å². The van der Waals surface area contributed by atoms with E-state index in [1.54, 1.807) is 29.3 Å². The first-order valence-corrected chi connectivity index (χ1v) is 7.39. The zero-order valence-electron chi connectivity index (χ0n) is 12.2. The first-order chi connectivity index (χ1) is 11.0. The van der Waals surface area contributed by atoms with E-state index in [0.29, 0.717) is 35.0 Å². The number of nitrogens with zero attached hydrogens (tertiary/aromatic N) is 2. The first-order valence-electron chi connectivity index (χ1n) is 7.01. The first kappa shape index (κ1) is 15.3. The molecule has 118 valence electrons. The molecule has 0 saturated heterocycles. The number of anilines is 1. The lowest BCUT2D eigenvalue weighted by atomic mass is 9.99. The number of primary amides is 1. The Kier molecular flexibility index (Phi) is 4.16. The molecule has 1 aromatic heterocycles. The Hall–Kier alpha value is -2.60. The minimum absolute atomic E-state index is 0.114. The molecule has 0 aliphatic carbocycles. The zero-order chi connectivity index (χ0) is 16.4. The summed E-state index contributed by atoms with van der Waals surface area (Å²) in [6.45, 7) is 0.285. The molecule has 7 heteroatoms. The average Bonchev–Trinajstić information content (AvgIpc) is 2.53. The monoisotopic (exact) mass is 331 g/mol. The van der Waals surface area contributed by atoms with E-state index >= 15 is 0 Å². The number of pyridine rings is 1. The average molecular weight is 332 g/mol. The highest BCUT2D eigenvalue weighted by molar-refractivity contribution is 6.30. The molecule has 0 fully saturated rings. The van der Waals surface area contributed by atoms with Gasteiger partial charge in [-0.1, -0.05) is 11.6 Å². The quantitative estimate of drug-likeness (QED) is 0.925. The van der Waals surface area contributed by atoms with Crippen molar-refractivity contribution in [3.63, 3.8) is 0 Å². The van der Waals surface area contributed by atoms with E-state index in [-0.39, 0.29) is 12.5 Å². The molecule has 23 heavy (non-hydrogen) atoms. The predicted octanol–water partition coefficient (Wildman–Crippen LogP) is 1.80. The molecule has 3 rings (SSSR count). The van der Waals surface area contributed by atoms with Gasteiger partial charge in [0.1, 0.15) is 5.75 Å². The largest absolute Gasteiger partial charge is 0.482 e. The summed E-state index contributed by atoms with van der Waals surface area (Å²) in [5.41, 5.74) is 7.22. The summed E-state index contributed by atoms with van der Waals surface area (Å²) >= 11 is 5.97. The van der Waals surface area contributed by atoms with Crippen LogP contribution in [0.3, 0.4) is 0 Å². The lowest BCUT2D eigenvalue weighted by Crippen LogP contribution is -2.37. The number of aromatic nitrogens is 1. The Balaban J connectivity index is 1.85. The van der Waals surface area contributed by atoms with Crippen molar-refractivity contribution in [1.82, 2.24) is 4.98 Å². The molecule has 2 heterocycles. The Morgan fingerprint density at radius 3 is 2.96 bits per heavy atom. The minimum atomic E-state index is -0.574. The van der Waals surface area contributed by atoms with E-state index in [9.17, 15) is 9.59 Å². The van der Waals surface area contributed by atoms with Gasteiger partial charge >= 0.3 is 0 Å². The number of fused-ring (bicyclic) bond motifs is 1. The third-order valence-corrected chi connectivity index (χ3v) is 3.77. The van der Waals surface area contributed by atoms with Gasteiger partial charge in [-0.2, -0.15) is 0 Å². The lowest BCUT2D eigenvalue weighted by Gasteiger charge is -2.28. The maximum Gasteiger partial charge on any atom is 0.258 e. The second-order valence-electron chi connectivity index (χ2n) is 5.14. The third-order valence-electron chi connectivity index (χ3n) is 3.54. The number of hydrogen-bond donors (Lipinski definition) is 1. The van der Waals surface area contributed by atoms with Crippen LogP contribution in [0.2, 0.25) is 5.02 Å². The zero-order valence-corrected chi connectivity index (χ0v) is 12.9. The van der Waals surface area contributed by atoms with E-state index in [0.717, 1.165) is 5.56 Å².